The average molecular weight is 460 g/mol. The number of hydrogen-bond donors (Lipinski definition) is 0. The van der Waals surface area contributed by atoms with Crippen LogP contribution in [0.25, 0.3) is 0 Å². The molecule has 0 N–H and O–H groups in total. The van der Waals surface area contributed by atoms with E-state index in [2.05, 4.69) is 9.97 Å². The first-order chi connectivity index (χ1) is 15.6. The molecule has 174 valence electrons. The van der Waals surface area contributed by atoms with Crippen LogP contribution in [0.3, 0.4) is 0 Å². The lowest BCUT2D eigenvalue weighted by Gasteiger charge is -2.31. The third-order valence-electron chi connectivity index (χ3n) is 5.90. The second kappa shape index (κ2) is 8.42. The SMILES string of the molecule is Cc1cc(C(F)(F)F)c(C#N)c(N2CCCC2C(=O)N(C)c2ccc3c(n2)N(C)CCO3)n1. The fourth-order valence-corrected chi connectivity index (χ4v) is 4.21. The van der Waals surface area contributed by atoms with Gasteiger partial charge in [0.25, 0.3) is 5.91 Å². The lowest BCUT2D eigenvalue weighted by molar-refractivity contribution is -0.137. The molecule has 33 heavy (non-hydrogen) atoms. The predicted molar refractivity (Wildman–Crippen MR) is 115 cm³/mol. The van der Waals surface area contributed by atoms with Gasteiger partial charge >= 0.3 is 6.18 Å². The molecule has 1 unspecified atom stereocenters. The van der Waals surface area contributed by atoms with Crippen molar-refractivity contribution in [3.8, 4) is 11.8 Å². The standard InChI is InChI=1S/C22H23F3N6O2/c1-13-11-15(22(23,24)25)14(12-26)19(27-13)31-8-4-5-16(31)21(32)30(3)18-7-6-17-20(28-18)29(2)9-10-33-17/h6-7,11,16H,4-5,8-10H2,1-3H3. The van der Waals surface area contributed by atoms with Crippen molar-refractivity contribution in [2.24, 2.45) is 0 Å². The van der Waals surface area contributed by atoms with Crippen molar-refractivity contribution in [3.05, 3.63) is 35.0 Å². The first-order valence-corrected chi connectivity index (χ1v) is 10.5. The molecule has 0 aliphatic carbocycles. The summed E-state index contributed by atoms with van der Waals surface area (Å²) in [6.45, 7) is 2.96. The molecule has 0 radical (unpaired) electrons. The van der Waals surface area contributed by atoms with E-state index in [0.29, 0.717) is 49.9 Å². The normalized spacial score (nSPS) is 17.9. The molecule has 11 heteroatoms. The van der Waals surface area contributed by atoms with Crippen molar-refractivity contribution < 1.29 is 22.7 Å². The first-order valence-electron chi connectivity index (χ1n) is 10.5. The van der Waals surface area contributed by atoms with Crippen LogP contribution in [-0.2, 0) is 11.0 Å². The quantitative estimate of drug-likeness (QED) is 0.696. The summed E-state index contributed by atoms with van der Waals surface area (Å²) in [6.07, 6.45) is -3.69. The number of aryl methyl sites for hydroxylation is 1. The van der Waals surface area contributed by atoms with Gasteiger partial charge in [-0.05, 0) is 38.0 Å². The van der Waals surface area contributed by atoms with Gasteiger partial charge in [-0.2, -0.15) is 18.4 Å². The van der Waals surface area contributed by atoms with E-state index in [4.69, 9.17) is 4.74 Å². The number of carbonyl (C=O) groups excluding carboxylic acids is 1. The summed E-state index contributed by atoms with van der Waals surface area (Å²) < 4.78 is 46.3. The number of nitriles is 1. The maximum Gasteiger partial charge on any atom is 0.417 e. The second-order valence-corrected chi connectivity index (χ2v) is 8.13. The van der Waals surface area contributed by atoms with Crippen molar-refractivity contribution in [1.82, 2.24) is 9.97 Å². The molecule has 2 aromatic heterocycles. The number of amides is 1. The van der Waals surface area contributed by atoms with Gasteiger partial charge in [-0.3, -0.25) is 9.69 Å². The van der Waals surface area contributed by atoms with E-state index in [1.807, 2.05) is 11.9 Å². The Kier molecular flexibility index (Phi) is 5.78. The predicted octanol–water partition coefficient (Wildman–Crippen LogP) is 3.14. The fourth-order valence-electron chi connectivity index (χ4n) is 4.21. The number of hydrogen-bond acceptors (Lipinski definition) is 7. The van der Waals surface area contributed by atoms with Crippen LogP contribution in [0.5, 0.6) is 5.75 Å². The van der Waals surface area contributed by atoms with Crippen LogP contribution in [0, 0.1) is 18.3 Å². The number of anilines is 3. The summed E-state index contributed by atoms with van der Waals surface area (Å²) in [5.74, 6) is 1.19. The Morgan fingerprint density at radius 2 is 2.03 bits per heavy atom. The number of rotatable bonds is 3. The first kappa shape index (κ1) is 22.6. The van der Waals surface area contributed by atoms with Crippen LogP contribution in [-0.4, -0.2) is 55.7 Å². The van der Waals surface area contributed by atoms with E-state index in [9.17, 15) is 23.2 Å². The summed E-state index contributed by atoms with van der Waals surface area (Å²) in [6, 6.07) is 5.17. The highest BCUT2D eigenvalue weighted by atomic mass is 19.4. The van der Waals surface area contributed by atoms with Gasteiger partial charge in [-0.1, -0.05) is 0 Å². The Labute approximate surface area is 189 Å². The van der Waals surface area contributed by atoms with E-state index in [1.54, 1.807) is 25.2 Å². The summed E-state index contributed by atoms with van der Waals surface area (Å²) in [5.41, 5.74) is -1.48. The number of fused-ring (bicyclic) bond motifs is 1. The van der Waals surface area contributed by atoms with Crippen molar-refractivity contribution in [2.75, 3.05) is 48.5 Å². The van der Waals surface area contributed by atoms with E-state index < -0.39 is 23.3 Å². The topological polar surface area (TPSA) is 85.6 Å². The molecule has 0 saturated carbocycles. The highest BCUT2D eigenvalue weighted by Gasteiger charge is 2.40. The van der Waals surface area contributed by atoms with Gasteiger partial charge in [0.15, 0.2) is 11.6 Å². The number of carbonyl (C=O) groups is 1. The summed E-state index contributed by atoms with van der Waals surface area (Å²) in [5, 5.41) is 9.52. The van der Waals surface area contributed by atoms with Crippen molar-refractivity contribution >= 4 is 23.4 Å². The van der Waals surface area contributed by atoms with Crippen molar-refractivity contribution in [1.29, 1.82) is 5.26 Å². The van der Waals surface area contributed by atoms with Crippen LogP contribution in [0.4, 0.5) is 30.6 Å². The Morgan fingerprint density at radius 3 is 2.73 bits per heavy atom. The lowest BCUT2D eigenvalue weighted by Crippen LogP contribution is -2.45. The van der Waals surface area contributed by atoms with Gasteiger partial charge < -0.3 is 14.5 Å². The van der Waals surface area contributed by atoms with E-state index >= 15 is 0 Å². The van der Waals surface area contributed by atoms with Gasteiger partial charge in [-0.25, -0.2) is 9.97 Å². The van der Waals surface area contributed by atoms with Crippen LogP contribution < -0.4 is 19.4 Å². The Hall–Kier alpha value is -3.55. The van der Waals surface area contributed by atoms with Gasteiger partial charge in [0.05, 0.1) is 12.1 Å². The largest absolute Gasteiger partial charge is 0.488 e. The van der Waals surface area contributed by atoms with E-state index in [1.165, 1.54) is 16.7 Å². The Balaban J connectivity index is 1.67. The summed E-state index contributed by atoms with van der Waals surface area (Å²) in [4.78, 5) is 27.0. The smallest absolute Gasteiger partial charge is 0.417 e. The summed E-state index contributed by atoms with van der Waals surface area (Å²) >= 11 is 0. The molecule has 2 aromatic rings. The number of aromatic nitrogens is 2. The van der Waals surface area contributed by atoms with E-state index in [0.717, 1.165) is 6.07 Å². The van der Waals surface area contributed by atoms with Gasteiger partial charge in [0.2, 0.25) is 0 Å². The molecule has 0 bridgehead atoms. The molecule has 2 aliphatic heterocycles. The highest BCUT2D eigenvalue weighted by Crippen LogP contribution is 2.38. The zero-order chi connectivity index (χ0) is 23.9. The van der Waals surface area contributed by atoms with Gasteiger partial charge in [-0.15, -0.1) is 0 Å². The molecule has 1 amide bonds. The zero-order valence-corrected chi connectivity index (χ0v) is 18.5. The maximum atomic E-state index is 13.6. The third kappa shape index (κ3) is 4.13. The highest BCUT2D eigenvalue weighted by molar-refractivity contribution is 5.98. The zero-order valence-electron chi connectivity index (χ0n) is 18.5. The fraction of sp³-hybridized carbons (Fsp3) is 0.455. The van der Waals surface area contributed by atoms with Crippen LogP contribution in [0.2, 0.25) is 0 Å². The molecule has 4 heterocycles. The maximum absolute atomic E-state index is 13.6. The Bertz CT molecular complexity index is 1130. The van der Waals surface area contributed by atoms with Crippen molar-refractivity contribution in [2.45, 2.75) is 32.0 Å². The molecule has 8 nitrogen and oxygen atoms in total. The molecule has 1 atom stereocenters. The average Bonchev–Trinajstić information content (AvgIpc) is 3.26. The minimum absolute atomic E-state index is 0.111. The molecule has 1 saturated heterocycles. The van der Waals surface area contributed by atoms with Gasteiger partial charge in [0.1, 0.15) is 35.9 Å². The number of halogens is 3. The monoisotopic (exact) mass is 460 g/mol. The van der Waals surface area contributed by atoms with Crippen LogP contribution in [0.15, 0.2) is 18.2 Å². The molecule has 2 aliphatic rings. The van der Waals surface area contributed by atoms with Crippen LogP contribution in [0.1, 0.15) is 29.7 Å². The van der Waals surface area contributed by atoms with Crippen LogP contribution >= 0.6 is 0 Å². The number of alkyl halides is 3. The number of likely N-dealkylation sites (N-methyl/N-ethyl adjacent to an activating group) is 2. The number of nitrogens with zero attached hydrogens (tertiary/aromatic N) is 6. The molecule has 1 fully saturated rings. The number of ether oxygens (including phenoxy) is 1. The molecule has 0 aromatic carbocycles. The lowest BCUT2D eigenvalue weighted by atomic mass is 10.1. The molecule has 4 rings (SSSR count). The third-order valence-corrected chi connectivity index (χ3v) is 5.90. The molecule has 0 spiro atoms. The molecular weight excluding hydrogens is 437 g/mol. The van der Waals surface area contributed by atoms with Crippen molar-refractivity contribution in [3.63, 3.8) is 0 Å². The minimum atomic E-state index is -4.70. The second-order valence-electron chi connectivity index (χ2n) is 8.13. The van der Waals surface area contributed by atoms with E-state index in [-0.39, 0.29) is 17.4 Å². The minimum Gasteiger partial charge on any atom is -0.488 e. The van der Waals surface area contributed by atoms with Gasteiger partial charge in [0, 0.05) is 26.3 Å². The number of pyridine rings is 2. The Morgan fingerprint density at radius 1 is 1.27 bits per heavy atom. The molecular formula is C22H23F3N6O2. The summed E-state index contributed by atoms with van der Waals surface area (Å²) in [7, 11) is 3.46.